The number of carbonyl (C=O) groups is 1. The molecule has 0 radical (unpaired) electrons. The third-order valence-electron chi connectivity index (χ3n) is 3.27. The van der Waals surface area contributed by atoms with Crippen LogP contribution < -0.4 is 10.6 Å². The molecule has 2 unspecified atom stereocenters. The largest absolute Gasteiger partial charge is 0.349 e. The second-order valence-electron chi connectivity index (χ2n) is 4.74. The molecule has 94 valence electrons. The highest BCUT2D eigenvalue weighted by molar-refractivity contribution is 5.76. The molecule has 0 saturated carbocycles. The van der Waals surface area contributed by atoms with E-state index in [0.717, 1.165) is 25.1 Å². The molecule has 2 atom stereocenters. The summed E-state index contributed by atoms with van der Waals surface area (Å²) < 4.78 is 0. The van der Waals surface area contributed by atoms with Gasteiger partial charge >= 0.3 is 0 Å². The maximum Gasteiger partial charge on any atom is 0.220 e. The van der Waals surface area contributed by atoms with E-state index in [1.165, 1.54) is 6.42 Å². The van der Waals surface area contributed by atoms with Gasteiger partial charge in [0.25, 0.3) is 0 Å². The van der Waals surface area contributed by atoms with Crippen molar-refractivity contribution in [3.05, 3.63) is 18.0 Å². The third kappa shape index (κ3) is 3.56. The van der Waals surface area contributed by atoms with E-state index in [1.807, 2.05) is 13.1 Å². The lowest BCUT2D eigenvalue weighted by Crippen LogP contribution is -2.34. The Labute approximate surface area is 101 Å². The summed E-state index contributed by atoms with van der Waals surface area (Å²) in [5.41, 5.74) is 1.01. The van der Waals surface area contributed by atoms with Crippen molar-refractivity contribution in [2.75, 3.05) is 13.1 Å². The van der Waals surface area contributed by atoms with Crippen molar-refractivity contribution >= 4 is 5.91 Å². The molecule has 2 rings (SSSR count). The number of aromatic amines is 1. The van der Waals surface area contributed by atoms with Crippen molar-refractivity contribution in [3.8, 4) is 0 Å². The molecule has 0 aromatic carbocycles. The molecule has 1 aliphatic heterocycles. The number of hydrogen-bond acceptors (Lipinski definition) is 3. The predicted octanol–water partition coefficient (Wildman–Crippen LogP) is 0.977. The average Bonchev–Trinajstić information content (AvgIpc) is 2.83. The first-order valence-electron chi connectivity index (χ1n) is 6.24. The van der Waals surface area contributed by atoms with Crippen molar-refractivity contribution < 1.29 is 4.79 Å². The van der Waals surface area contributed by atoms with Gasteiger partial charge in [0.1, 0.15) is 0 Å². The third-order valence-corrected chi connectivity index (χ3v) is 3.27. The van der Waals surface area contributed by atoms with Crippen molar-refractivity contribution in [3.63, 3.8) is 0 Å². The van der Waals surface area contributed by atoms with Gasteiger partial charge in [-0.2, -0.15) is 5.10 Å². The molecule has 2 heterocycles. The van der Waals surface area contributed by atoms with E-state index in [0.29, 0.717) is 12.3 Å². The van der Waals surface area contributed by atoms with Gasteiger partial charge in [-0.1, -0.05) is 0 Å². The summed E-state index contributed by atoms with van der Waals surface area (Å²) in [5, 5.41) is 13.0. The van der Waals surface area contributed by atoms with E-state index in [9.17, 15) is 4.79 Å². The number of nitrogens with one attached hydrogen (secondary N) is 3. The minimum atomic E-state index is 0.0257. The van der Waals surface area contributed by atoms with Crippen LogP contribution in [0.2, 0.25) is 0 Å². The zero-order valence-electron chi connectivity index (χ0n) is 10.2. The van der Waals surface area contributed by atoms with Crippen molar-refractivity contribution in [2.24, 2.45) is 5.92 Å². The van der Waals surface area contributed by atoms with Crippen LogP contribution in [0.4, 0.5) is 0 Å². The van der Waals surface area contributed by atoms with Gasteiger partial charge in [-0.3, -0.25) is 9.89 Å². The van der Waals surface area contributed by atoms with Crippen molar-refractivity contribution in [1.82, 2.24) is 20.8 Å². The molecule has 0 aliphatic carbocycles. The van der Waals surface area contributed by atoms with Crippen molar-refractivity contribution in [2.45, 2.75) is 32.2 Å². The molecule has 0 bridgehead atoms. The Balaban J connectivity index is 1.76. The van der Waals surface area contributed by atoms with Crippen LogP contribution in [0.5, 0.6) is 0 Å². The molecule has 3 N–H and O–H groups in total. The summed E-state index contributed by atoms with van der Waals surface area (Å²) in [4.78, 5) is 11.8. The minimum absolute atomic E-state index is 0.0257. The molecule has 1 aromatic heterocycles. The van der Waals surface area contributed by atoms with Gasteiger partial charge < -0.3 is 10.6 Å². The molecule has 1 fully saturated rings. The van der Waals surface area contributed by atoms with Gasteiger partial charge in [0.05, 0.1) is 12.2 Å². The van der Waals surface area contributed by atoms with Crippen LogP contribution in [0, 0.1) is 5.92 Å². The van der Waals surface area contributed by atoms with E-state index >= 15 is 0 Å². The fourth-order valence-corrected chi connectivity index (χ4v) is 2.24. The van der Waals surface area contributed by atoms with Gasteiger partial charge in [0.2, 0.25) is 5.91 Å². The summed E-state index contributed by atoms with van der Waals surface area (Å²) in [6.07, 6.45) is 6.51. The molecule has 1 saturated heterocycles. The number of hydrogen-bond donors (Lipinski definition) is 3. The number of aromatic nitrogens is 2. The summed E-state index contributed by atoms with van der Waals surface area (Å²) >= 11 is 0. The lowest BCUT2D eigenvalue weighted by molar-refractivity contribution is -0.122. The Kier molecular flexibility index (Phi) is 4.14. The maximum atomic E-state index is 11.8. The first kappa shape index (κ1) is 12.1. The van der Waals surface area contributed by atoms with Crippen LogP contribution in [0.15, 0.2) is 12.4 Å². The molecule has 1 aromatic rings. The molecule has 17 heavy (non-hydrogen) atoms. The molecule has 5 heteroatoms. The van der Waals surface area contributed by atoms with Gasteiger partial charge in [0, 0.05) is 18.2 Å². The van der Waals surface area contributed by atoms with Gasteiger partial charge in [-0.05, 0) is 38.8 Å². The number of rotatable bonds is 4. The summed E-state index contributed by atoms with van der Waals surface area (Å²) in [5.74, 6) is 0.618. The molecule has 1 amide bonds. The SMILES string of the molecule is CC(NC(=O)CC1CCCNC1)c1cn[nH]c1. The second kappa shape index (κ2) is 5.82. The number of piperidine rings is 1. The van der Waals surface area contributed by atoms with E-state index in [-0.39, 0.29) is 11.9 Å². The van der Waals surface area contributed by atoms with Crippen LogP contribution >= 0.6 is 0 Å². The Hall–Kier alpha value is -1.36. The van der Waals surface area contributed by atoms with Crippen molar-refractivity contribution in [1.29, 1.82) is 0 Å². The highest BCUT2D eigenvalue weighted by Gasteiger charge is 2.18. The first-order chi connectivity index (χ1) is 8.25. The van der Waals surface area contributed by atoms with Gasteiger partial charge in [0.15, 0.2) is 0 Å². The Bertz CT molecular complexity index is 343. The summed E-state index contributed by atoms with van der Waals surface area (Å²) in [7, 11) is 0. The Morgan fingerprint density at radius 3 is 3.24 bits per heavy atom. The highest BCUT2D eigenvalue weighted by atomic mass is 16.1. The zero-order valence-corrected chi connectivity index (χ0v) is 10.2. The van der Waals surface area contributed by atoms with Crippen LogP contribution in [-0.2, 0) is 4.79 Å². The number of nitrogens with zero attached hydrogens (tertiary/aromatic N) is 1. The van der Waals surface area contributed by atoms with Gasteiger partial charge in [-0.25, -0.2) is 0 Å². The standard InChI is InChI=1S/C12H20N4O/c1-9(11-7-14-15-8-11)16-12(17)5-10-3-2-4-13-6-10/h7-10,13H,2-6H2,1H3,(H,14,15)(H,16,17). The zero-order chi connectivity index (χ0) is 12.1. The predicted molar refractivity (Wildman–Crippen MR) is 65.4 cm³/mol. The normalized spacial score (nSPS) is 22.1. The molecule has 0 spiro atoms. The topological polar surface area (TPSA) is 69.8 Å². The Morgan fingerprint density at radius 1 is 1.71 bits per heavy atom. The smallest absolute Gasteiger partial charge is 0.220 e. The molecular weight excluding hydrogens is 216 g/mol. The lowest BCUT2D eigenvalue weighted by Gasteiger charge is -2.23. The van der Waals surface area contributed by atoms with Crippen LogP contribution in [-0.4, -0.2) is 29.2 Å². The summed E-state index contributed by atoms with van der Waals surface area (Å²) in [6.45, 7) is 4.03. The van der Waals surface area contributed by atoms with Crippen LogP contribution in [0.1, 0.15) is 37.8 Å². The Morgan fingerprint density at radius 2 is 2.59 bits per heavy atom. The van der Waals surface area contributed by atoms with Gasteiger partial charge in [-0.15, -0.1) is 0 Å². The number of carbonyl (C=O) groups excluding carboxylic acids is 1. The minimum Gasteiger partial charge on any atom is -0.349 e. The van der Waals surface area contributed by atoms with Crippen LogP contribution in [0.3, 0.4) is 0 Å². The maximum absolute atomic E-state index is 11.8. The highest BCUT2D eigenvalue weighted by Crippen LogP contribution is 2.15. The number of H-pyrrole nitrogens is 1. The monoisotopic (exact) mass is 236 g/mol. The first-order valence-corrected chi connectivity index (χ1v) is 6.24. The molecule has 1 aliphatic rings. The number of amides is 1. The molecule has 5 nitrogen and oxygen atoms in total. The lowest BCUT2D eigenvalue weighted by atomic mass is 9.96. The second-order valence-corrected chi connectivity index (χ2v) is 4.74. The van der Waals surface area contributed by atoms with E-state index < -0.39 is 0 Å². The van der Waals surface area contributed by atoms with E-state index in [1.54, 1.807) is 6.20 Å². The fraction of sp³-hybridized carbons (Fsp3) is 0.667. The average molecular weight is 236 g/mol. The van der Waals surface area contributed by atoms with E-state index in [2.05, 4.69) is 20.8 Å². The quantitative estimate of drug-likeness (QED) is 0.729. The summed E-state index contributed by atoms with van der Waals surface area (Å²) in [6, 6.07) is 0.0257. The van der Waals surface area contributed by atoms with E-state index in [4.69, 9.17) is 0 Å². The van der Waals surface area contributed by atoms with Crippen LogP contribution in [0.25, 0.3) is 0 Å². The fourth-order valence-electron chi connectivity index (χ4n) is 2.24. The molecular formula is C12H20N4O.